The van der Waals surface area contributed by atoms with Gasteiger partial charge in [0, 0.05) is 30.1 Å². The zero-order valence-electron chi connectivity index (χ0n) is 12.8. The molecule has 1 aromatic carbocycles. The van der Waals surface area contributed by atoms with E-state index in [0.29, 0.717) is 6.54 Å². The van der Waals surface area contributed by atoms with E-state index in [0.717, 1.165) is 4.90 Å². The first-order valence-electron chi connectivity index (χ1n) is 7.22. The number of aliphatic carboxylic acids is 1. The van der Waals surface area contributed by atoms with E-state index in [9.17, 15) is 19.7 Å². The Kier molecular flexibility index (Phi) is 5.25. The number of carbonyl (C=O) groups excluding carboxylic acids is 1. The Labute approximate surface area is 137 Å². The van der Waals surface area contributed by atoms with Crippen molar-refractivity contribution in [3.8, 4) is 0 Å². The summed E-state index contributed by atoms with van der Waals surface area (Å²) >= 11 is 1.31. The Morgan fingerprint density at radius 2 is 1.96 bits per heavy atom. The van der Waals surface area contributed by atoms with Crippen molar-refractivity contribution in [2.45, 2.75) is 24.0 Å². The van der Waals surface area contributed by atoms with E-state index in [-0.39, 0.29) is 29.3 Å². The molecule has 0 spiro atoms. The first kappa shape index (κ1) is 17.3. The number of carboxylic acid groups (broad SMARTS) is 1. The van der Waals surface area contributed by atoms with Crippen LogP contribution >= 0.6 is 11.8 Å². The monoisotopic (exact) mass is 338 g/mol. The summed E-state index contributed by atoms with van der Waals surface area (Å²) in [4.78, 5) is 36.1. The minimum atomic E-state index is -0.872. The van der Waals surface area contributed by atoms with Crippen LogP contribution in [0.3, 0.4) is 0 Å². The lowest BCUT2D eigenvalue weighted by atomic mass is 9.99. The largest absolute Gasteiger partial charge is 0.481 e. The third kappa shape index (κ3) is 4.01. The van der Waals surface area contributed by atoms with Gasteiger partial charge in [-0.3, -0.25) is 19.7 Å². The van der Waals surface area contributed by atoms with Crippen LogP contribution in [-0.2, 0) is 9.59 Å². The number of carboxylic acids is 1. The third-order valence-electron chi connectivity index (χ3n) is 3.95. The van der Waals surface area contributed by atoms with Gasteiger partial charge >= 0.3 is 5.97 Å². The van der Waals surface area contributed by atoms with E-state index in [1.165, 1.54) is 23.9 Å². The number of rotatable bonds is 5. The van der Waals surface area contributed by atoms with Crippen molar-refractivity contribution in [1.82, 2.24) is 4.90 Å². The molecular formula is C15H18N2O5S. The molecule has 0 aromatic heterocycles. The van der Waals surface area contributed by atoms with Gasteiger partial charge in [-0.15, -0.1) is 11.8 Å². The smallest absolute Gasteiger partial charge is 0.308 e. The van der Waals surface area contributed by atoms with Crippen molar-refractivity contribution in [2.75, 3.05) is 13.1 Å². The molecule has 124 valence electrons. The zero-order valence-corrected chi connectivity index (χ0v) is 13.7. The van der Waals surface area contributed by atoms with Crippen LogP contribution in [0.1, 0.15) is 13.8 Å². The molecule has 1 aliphatic rings. The van der Waals surface area contributed by atoms with Crippen molar-refractivity contribution in [2.24, 2.45) is 11.8 Å². The van der Waals surface area contributed by atoms with Crippen molar-refractivity contribution in [3.63, 3.8) is 0 Å². The number of hydrogen-bond acceptors (Lipinski definition) is 5. The van der Waals surface area contributed by atoms with E-state index >= 15 is 0 Å². The van der Waals surface area contributed by atoms with E-state index in [1.807, 2.05) is 6.92 Å². The van der Waals surface area contributed by atoms with Crippen LogP contribution in [0.4, 0.5) is 5.69 Å². The summed E-state index contributed by atoms with van der Waals surface area (Å²) < 4.78 is 0. The number of benzene rings is 1. The van der Waals surface area contributed by atoms with Gasteiger partial charge < -0.3 is 10.0 Å². The van der Waals surface area contributed by atoms with Gasteiger partial charge in [0.1, 0.15) is 0 Å². The van der Waals surface area contributed by atoms with Crippen LogP contribution in [0.15, 0.2) is 29.2 Å². The Hall–Kier alpha value is -2.09. The van der Waals surface area contributed by atoms with Crippen LogP contribution in [-0.4, -0.2) is 45.1 Å². The summed E-state index contributed by atoms with van der Waals surface area (Å²) in [5.41, 5.74) is 0.00555. The fraction of sp³-hybridized carbons (Fsp3) is 0.467. The predicted octanol–water partition coefficient (Wildman–Crippen LogP) is 2.25. The molecule has 0 saturated carbocycles. The highest BCUT2D eigenvalue weighted by Crippen LogP contribution is 2.29. The summed E-state index contributed by atoms with van der Waals surface area (Å²) in [6.07, 6.45) is 0. The molecule has 1 saturated heterocycles. The minimum Gasteiger partial charge on any atom is -0.481 e. The standard InChI is InChI=1S/C15H18N2O5S/c1-9-7-16(8-13(9)15(19)20)14(18)10(2)23-12-5-3-11(4-6-12)17(21)22/h3-6,9-10,13H,7-8H2,1-2H3,(H,19,20)/t9-,10?,13-/m1/s1. The second-order valence-corrected chi connectivity index (χ2v) is 7.09. The predicted molar refractivity (Wildman–Crippen MR) is 85.3 cm³/mol. The van der Waals surface area contributed by atoms with Crippen LogP contribution < -0.4 is 0 Å². The lowest BCUT2D eigenvalue weighted by Crippen LogP contribution is -2.35. The Morgan fingerprint density at radius 1 is 1.35 bits per heavy atom. The number of nitro benzene ring substituents is 1. The quantitative estimate of drug-likeness (QED) is 0.502. The van der Waals surface area contributed by atoms with Gasteiger partial charge in [0.15, 0.2) is 0 Å². The first-order valence-corrected chi connectivity index (χ1v) is 8.10. The second-order valence-electron chi connectivity index (χ2n) is 5.68. The molecule has 1 heterocycles. The van der Waals surface area contributed by atoms with Gasteiger partial charge in [-0.25, -0.2) is 0 Å². The third-order valence-corrected chi connectivity index (χ3v) is 5.05. The molecule has 7 nitrogen and oxygen atoms in total. The van der Waals surface area contributed by atoms with Gasteiger partial charge in [0.05, 0.1) is 16.1 Å². The number of amides is 1. The van der Waals surface area contributed by atoms with Crippen LogP contribution in [0.2, 0.25) is 0 Å². The van der Waals surface area contributed by atoms with Crippen molar-refractivity contribution in [3.05, 3.63) is 34.4 Å². The molecule has 1 aliphatic heterocycles. The first-order chi connectivity index (χ1) is 10.8. The molecule has 23 heavy (non-hydrogen) atoms. The maximum absolute atomic E-state index is 12.4. The number of carbonyl (C=O) groups is 2. The molecule has 0 aliphatic carbocycles. The normalized spacial score (nSPS) is 21.9. The molecule has 1 amide bonds. The van der Waals surface area contributed by atoms with E-state index < -0.39 is 16.8 Å². The van der Waals surface area contributed by atoms with Crippen molar-refractivity contribution in [1.29, 1.82) is 0 Å². The zero-order chi connectivity index (χ0) is 17.1. The molecule has 1 unspecified atom stereocenters. The number of likely N-dealkylation sites (tertiary alicyclic amines) is 1. The topological polar surface area (TPSA) is 101 Å². The van der Waals surface area contributed by atoms with Crippen molar-refractivity contribution < 1.29 is 19.6 Å². The lowest BCUT2D eigenvalue weighted by molar-refractivity contribution is -0.384. The molecule has 1 N–H and O–H groups in total. The van der Waals surface area contributed by atoms with E-state index in [4.69, 9.17) is 5.11 Å². The van der Waals surface area contributed by atoms with Gasteiger partial charge in [-0.2, -0.15) is 0 Å². The molecule has 1 fully saturated rings. The van der Waals surface area contributed by atoms with Crippen molar-refractivity contribution >= 4 is 29.3 Å². The number of nitrogens with zero attached hydrogens (tertiary/aromatic N) is 2. The number of non-ortho nitro benzene ring substituents is 1. The molecule has 8 heteroatoms. The minimum absolute atomic E-state index is 0.00555. The van der Waals surface area contributed by atoms with E-state index in [2.05, 4.69) is 0 Å². The SMILES string of the molecule is CC(Sc1ccc([N+](=O)[O-])cc1)C(=O)N1C[C@@H](C)[C@H](C(=O)O)C1. The maximum Gasteiger partial charge on any atom is 0.308 e. The molecule has 0 bridgehead atoms. The molecule has 0 radical (unpaired) electrons. The highest BCUT2D eigenvalue weighted by molar-refractivity contribution is 8.00. The van der Waals surface area contributed by atoms with Crippen LogP contribution in [0.5, 0.6) is 0 Å². The van der Waals surface area contributed by atoms with Crippen LogP contribution in [0, 0.1) is 22.0 Å². The number of nitro groups is 1. The summed E-state index contributed by atoms with van der Waals surface area (Å²) in [6.45, 7) is 4.27. The Morgan fingerprint density at radius 3 is 2.43 bits per heavy atom. The maximum atomic E-state index is 12.4. The number of hydrogen-bond donors (Lipinski definition) is 1. The lowest BCUT2D eigenvalue weighted by Gasteiger charge is -2.20. The average Bonchev–Trinajstić information content (AvgIpc) is 2.89. The average molecular weight is 338 g/mol. The highest BCUT2D eigenvalue weighted by atomic mass is 32.2. The number of thioether (sulfide) groups is 1. The Balaban J connectivity index is 1.98. The molecular weight excluding hydrogens is 320 g/mol. The molecule has 2 rings (SSSR count). The Bertz CT molecular complexity index is 619. The van der Waals surface area contributed by atoms with Gasteiger partial charge in [-0.05, 0) is 25.0 Å². The highest BCUT2D eigenvalue weighted by Gasteiger charge is 2.38. The van der Waals surface area contributed by atoms with Gasteiger partial charge in [-0.1, -0.05) is 6.92 Å². The van der Waals surface area contributed by atoms with Gasteiger partial charge in [0.2, 0.25) is 5.91 Å². The molecule has 3 atom stereocenters. The fourth-order valence-electron chi connectivity index (χ4n) is 2.63. The van der Waals surface area contributed by atoms with Gasteiger partial charge in [0.25, 0.3) is 5.69 Å². The second kappa shape index (κ2) is 6.99. The summed E-state index contributed by atoms with van der Waals surface area (Å²) in [7, 11) is 0. The molecule has 1 aromatic rings. The fourth-order valence-corrected chi connectivity index (χ4v) is 3.58. The summed E-state index contributed by atoms with van der Waals surface area (Å²) in [5, 5.41) is 19.4. The van der Waals surface area contributed by atoms with Crippen LogP contribution in [0.25, 0.3) is 0 Å². The summed E-state index contributed by atoms with van der Waals surface area (Å²) in [5.74, 6) is -1.56. The summed E-state index contributed by atoms with van der Waals surface area (Å²) in [6, 6.07) is 6.02. The van der Waals surface area contributed by atoms with E-state index in [1.54, 1.807) is 24.0 Å².